The number of hydrogen-bond acceptors (Lipinski definition) is 6. The van der Waals surface area contributed by atoms with Crippen molar-refractivity contribution in [2.45, 2.75) is 26.2 Å². The number of aromatic nitrogens is 5. The Morgan fingerprint density at radius 1 is 0.420 bits per heavy atom. The van der Waals surface area contributed by atoms with Crippen molar-refractivity contribution in [1.29, 1.82) is 0 Å². The monoisotopic (exact) mass is 646 g/mol. The molecule has 1 atom stereocenters. The summed E-state index contributed by atoms with van der Waals surface area (Å²) < 4.78 is 0. The SMILES string of the molecule is CC1=CCC(c2nc(-c3ccccc3)nc(-c3cccc(-c4cccc(-c5cc(-c6ccccc6)nc(-c6ccccc6)n5)c4)c3)n2)C(C)=N1. The lowest BCUT2D eigenvalue weighted by Gasteiger charge is -2.19. The molecule has 0 saturated heterocycles. The average Bonchev–Trinajstić information content (AvgIpc) is 3.18. The first kappa shape index (κ1) is 30.9. The average molecular weight is 647 g/mol. The molecule has 1 unspecified atom stereocenters. The molecule has 1 aliphatic heterocycles. The zero-order chi connectivity index (χ0) is 33.9. The molecule has 0 radical (unpaired) electrons. The van der Waals surface area contributed by atoms with Crippen molar-refractivity contribution >= 4 is 5.71 Å². The van der Waals surface area contributed by atoms with Gasteiger partial charge in [-0.2, -0.15) is 0 Å². The van der Waals surface area contributed by atoms with E-state index in [9.17, 15) is 0 Å². The van der Waals surface area contributed by atoms with Crippen LogP contribution in [0.3, 0.4) is 0 Å². The predicted molar refractivity (Wildman–Crippen MR) is 202 cm³/mol. The fourth-order valence-electron chi connectivity index (χ4n) is 6.31. The van der Waals surface area contributed by atoms with Crippen LogP contribution in [0.5, 0.6) is 0 Å². The Balaban J connectivity index is 1.20. The van der Waals surface area contributed by atoms with Gasteiger partial charge in [-0.05, 0) is 49.6 Å². The van der Waals surface area contributed by atoms with Crippen molar-refractivity contribution < 1.29 is 0 Å². The molecule has 3 heterocycles. The molecule has 8 rings (SSSR count). The topological polar surface area (TPSA) is 76.8 Å². The molecule has 0 N–H and O–H groups in total. The number of hydrogen-bond donors (Lipinski definition) is 0. The van der Waals surface area contributed by atoms with Crippen LogP contribution in [0.25, 0.3) is 67.8 Å². The maximum Gasteiger partial charge on any atom is 0.163 e. The van der Waals surface area contributed by atoms with E-state index in [0.717, 1.165) is 74.0 Å². The summed E-state index contributed by atoms with van der Waals surface area (Å²) in [7, 11) is 0. The zero-order valence-corrected chi connectivity index (χ0v) is 27.9. The molecule has 2 aromatic heterocycles. The van der Waals surface area contributed by atoms with Crippen LogP contribution in [-0.4, -0.2) is 30.6 Å². The Bertz CT molecular complexity index is 2310. The summed E-state index contributed by atoms with van der Waals surface area (Å²) in [6.45, 7) is 4.09. The second-order valence-corrected chi connectivity index (χ2v) is 12.4. The highest BCUT2D eigenvalue weighted by Crippen LogP contribution is 2.33. The largest absolute Gasteiger partial charge is 0.262 e. The van der Waals surface area contributed by atoms with E-state index in [1.807, 2.05) is 85.8 Å². The van der Waals surface area contributed by atoms with Gasteiger partial charge in [-0.25, -0.2) is 24.9 Å². The standard InChI is InChI=1S/C44H34N6/c1-29-24-25-38(30(2)45-29)44-49-42(33-18-10-5-11-19-33)48-43(50-44)37-23-13-21-35(27-37)34-20-12-22-36(26-34)40-28-39(31-14-6-3-7-15-31)46-41(47-40)32-16-8-4-9-17-32/h3-24,26-28,38H,25H2,1-2H3. The minimum absolute atomic E-state index is 0.00260. The molecule has 5 aromatic carbocycles. The Labute approximate surface area is 292 Å². The van der Waals surface area contributed by atoms with Gasteiger partial charge in [-0.3, -0.25) is 4.99 Å². The Kier molecular flexibility index (Phi) is 8.41. The number of rotatable bonds is 7. The molecular formula is C44H34N6. The van der Waals surface area contributed by atoms with E-state index < -0.39 is 0 Å². The normalized spacial score (nSPS) is 14.2. The summed E-state index contributed by atoms with van der Waals surface area (Å²) in [4.78, 5) is 29.8. The summed E-state index contributed by atoms with van der Waals surface area (Å²) in [6.07, 6.45) is 2.97. The van der Waals surface area contributed by atoms with Crippen molar-refractivity contribution in [1.82, 2.24) is 24.9 Å². The fourth-order valence-corrected chi connectivity index (χ4v) is 6.31. The van der Waals surface area contributed by atoms with Gasteiger partial charge in [-0.1, -0.05) is 133 Å². The summed E-state index contributed by atoms with van der Waals surface area (Å²) in [6, 6.07) is 49.5. The van der Waals surface area contributed by atoms with Crippen LogP contribution in [0, 0.1) is 0 Å². The Morgan fingerprint density at radius 3 is 1.48 bits per heavy atom. The maximum absolute atomic E-state index is 5.06. The van der Waals surface area contributed by atoms with Gasteiger partial charge in [0.1, 0.15) is 5.82 Å². The third-order valence-corrected chi connectivity index (χ3v) is 8.94. The van der Waals surface area contributed by atoms with Crippen molar-refractivity contribution in [3.8, 4) is 67.8 Å². The highest BCUT2D eigenvalue weighted by molar-refractivity contribution is 5.90. The molecule has 0 aliphatic carbocycles. The van der Waals surface area contributed by atoms with E-state index in [0.29, 0.717) is 17.5 Å². The maximum atomic E-state index is 5.06. The van der Waals surface area contributed by atoms with Crippen molar-refractivity contribution in [2.75, 3.05) is 0 Å². The van der Waals surface area contributed by atoms with Crippen molar-refractivity contribution in [3.05, 3.63) is 163 Å². The van der Waals surface area contributed by atoms with Crippen LogP contribution in [-0.2, 0) is 0 Å². The lowest BCUT2D eigenvalue weighted by Crippen LogP contribution is -2.17. The highest BCUT2D eigenvalue weighted by Gasteiger charge is 2.23. The van der Waals surface area contributed by atoms with Crippen molar-refractivity contribution in [3.63, 3.8) is 0 Å². The molecule has 7 aromatic rings. The highest BCUT2D eigenvalue weighted by atomic mass is 15.0. The molecule has 6 heteroatoms. The van der Waals surface area contributed by atoms with Crippen LogP contribution in [0.1, 0.15) is 32.0 Å². The van der Waals surface area contributed by atoms with E-state index in [2.05, 4.69) is 79.7 Å². The molecule has 240 valence electrons. The predicted octanol–water partition coefficient (Wildman–Crippen LogP) is 10.5. The van der Waals surface area contributed by atoms with Crippen LogP contribution in [0.15, 0.2) is 162 Å². The Hall–Kier alpha value is -6.40. The van der Waals surface area contributed by atoms with Crippen LogP contribution in [0.4, 0.5) is 0 Å². The van der Waals surface area contributed by atoms with E-state index >= 15 is 0 Å². The van der Waals surface area contributed by atoms with Gasteiger partial charge < -0.3 is 0 Å². The number of nitrogens with zero attached hydrogens (tertiary/aromatic N) is 6. The van der Waals surface area contributed by atoms with Gasteiger partial charge in [0.05, 0.1) is 17.3 Å². The van der Waals surface area contributed by atoms with Gasteiger partial charge in [0, 0.05) is 39.2 Å². The quantitative estimate of drug-likeness (QED) is 0.172. The van der Waals surface area contributed by atoms with Gasteiger partial charge >= 0.3 is 0 Å². The first-order valence-corrected chi connectivity index (χ1v) is 16.8. The van der Waals surface area contributed by atoms with E-state index in [4.69, 9.17) is 29.9 Å². The first-order valence-electron chi connectivity index (χ1n) is 16.8. The zero-order valence-electron chi connectivity index (χ0n) is 27.9. The smallest absolute Gasteiger partial charge is 0.163 e. The minimum Gasteiger partial charge on any atom is -0.262 e. The molecule has 0 bridgehead atoms. The summed E-state index contributed by atoms with van der Waals surface area (Å²) in [5.74, 6) is 2.72. The van der Waals surface area contributed by atoms with E-state index in [1.54, 1.807) is 0 Å². The van der Waals surface area contributed by atoms with Crippen molar-refractivity contribution in [2.24, 2.45) is 4.99 Å². The molecule has 0 amide bonds. The summed E-state index contributed by atoms with van der Waals surface area (Å²) in [5.41, 5.74) is 10.8. The molecular weight excluding hydrogens is 613 g/mol. The van der Waals surface area contributed by atoms with Crippen LogP contribution in [0.2, 0.25) is 0 Å². The molecule has 50 heavy (non-hydrogen) atoms. The molecule has 6 nitrogen and oxygen atoms in total. The second kappa shape index (κ2) is 13.6. The summed E-state index contributed by atoms with van der Waals surface area (Å²) >= 11 is 0. The minimum atomic E-state index is -0.00260. The Morgan fingerprint density at radius 2 is 0.880 bits per heavy atom. The fraction of sp³-hybridized carbons (Fsp3) is 0.0909. The lowest BCUT2D eigenvalue weighted by atomic mass is 9.96. The van der Waals surface area contributed by atoms with Gasteiger partial charge in [0.15, 0.2) is 17.5 Å². The number of aliphatic imine (C=N–C) groups is 1. The van der Waals surface area contributed by atoms with Crippen LogP contribution < -0.4 is 0 Å². The number of allylic oxidation sites excluding steroid dienone is 2. The molecule has 0 spiro atoms. The molecule has 0 fully saturated rings. The third-order valence-electron chi connectivity index (χ3n) is 8.94. The van der Waals surface area contributed by atoms with Crippen LogP contribution >= 0.6 is 0 Å². The second-order valence-electron chi connectivity index (χ2n) is 12.4. The van der Waals surface area contributed by atoms with Gasteiger partial charge in [0.25, 0.3) is 0 Å². The number of benzene rings is 5. The third kappa shape index (κ3) is 6.51. The summed E-state index contributed by atoms with van der Waals surface area (Å²) in [5, 5.41) is 0. The van der Waals surface area contributed by atoms with Gasteiger partial charge in [0.2, 0.25) is 0 Å². The van der Waals surface area contributed by atoms with E-state index in [-0.39, 0.29) is 5.92 Å². The van der Waals surface area contributed by atoms with Gasteiger partial charge in [-0.15, -0.1) is 0 Å². The molecule has 1 aliphatic rings. The lowest BCUT2D eigenvalue weighted by molar-refractivity contribution is 0.781. The first-order chi connectivity index (χ1) is 24.6. The molecule has 0 saturated carbocycles. The van der Waals surface area contributed by atoms with E-state index in [1.165, 1.54) is 0 Å².